The molecule has 1 aliphatic rings. The number of ketones is 1. The van der Waals surface area contributed by atoms with Crippen molar-refractivity contribution in [2.75, 3.05) is 0 Å². The zero-order valence-corrected chi connectivity index (χ0v) is 6.67. The average Bonchev–Trinajstić information content (AvgIpc) is 2.00. The van der Waals surface area contributed by atoms with E-state index in [1.165, 1.54) is 0 Å². The zero-order valence-electron chi connectivity index (χ0n) is 6.67. The maximum atomic E-state index is 10.9. The fourth-order valence-corrected chi connectivity index (χ4v) is 1.30. The third-order valence-corrected chi connectivity index (χ3v) is 2.11. The molecule has 0 aromatic carbocycles. The Labute approximate surface area is 73.4 Å². The summed E-state index contributed by atoms with van der Waals surface area (Å²) in [7, 11) is 0. The normalized spacial score (nSPS) is 40.4. The predicted octanol–water partition coefficient (Wildman–Crippen LogP) is -2.11. The number of carbonyl (C=O) groups excluding carboxylic acids is 1. The fraction of sp³-hybridized carbons (Fsp3) is 0.714. The van der Waals surface area contributed by atoms with Crippen LogP contribution in [0.25, 0.3) is 0 Å². The molecule has 0 aromatic heterocycles. The number of hydrogen-bond acceptors (Lipinski definition) is 5. The van der Waals surface area contributed by atoms with Crippen molar-refractivity contribution < 1.29 is 30.0 Å². The number of aliphatic carboxylic acids is 1. The van der Waals surface area contributed by atoms with E-state index in [2.05, 4.69) is 0 Å². The minimum Gasteiger partial charge on any atom is -0.479 e. The number of rotatable bonds is 1. The molecule has 13 heavy (non-hydrogen) atoms. The van der Waals surface area contributed by atoms with Crippen LogP contribution in [0.15, 0.2) is 0 Å². The van der Waals surface area contributed by atoms with Gasteiger partial charge in [0.1, 0.15) is 6.10 Å². The number of aliphatic hydroxyl groups is 3. The molecule has 0 spiro atoms. The number of carbonyl (C=O) groups is 2. The van der Waals surface area contributed by atoms with Gasteiger partial charge in [-0.2, -0.15) is 0 Å². The van der Waals surface area contributed by atoms with E-state index >= 15 is 0 Å². The standard InChI is InChI=1S/C7H10O6/c8-3-1-7(13,6(11)12)2-4(9)5(3)10/h3,5,8,10,13H,1-2H2,(H,11,12)/t3?,5-,7?/m0/s1. The van der Waals surface area contributed by atoms with E-state index in [1.54, 1.807) is 0 Å². The van der Waals surface area contributed by atoms with Gasteiger partial charge >= 0.3 is 5.97 Å². The van der Waals surface area contributed by atoms with Crippen LogP contribution in [0.2, 0.25) is 0 Å². The van der Waals surface area contributed by atoms with Crippen molar-refractivity contribution in [3.8, 4) is 0 Å². The Hall–Kier alpha value is -0.980. The van der Waals surface area contributed by atoms with Crippen LogP contribution in [0.1, 0.15) is 12.8 Å². The predicted molar refractivity (Wildman–Crippen MR) is 38.8 cm³/mol. The van der Waals surface area contributed by atoms with E-state index in [0.29, 0.717) is 0 Å². The summed E-state index contributed by atoms with van der Waals surface area (Å²) in [5.41, 5.74) is -2.24. The molecule has 3 atom stereocenters. The van der Waals surface area contributed by atoms with Crippen LogP contribution in [-0.4, -0.2) is 50.0 Å². The quantitative estimate of drug-likeness (QED) is 0.376. The number of aliphatic hydroxyl groups excluding tert-OH is 2. The van der Waals surface area contributed by atoms with E-state index in [9.17, 15) is 14.7 Å². The highest BCUT2D eigenvalue weighted by molar-refractivity contribution is 5.92. The third-order valence-electron chi connectivity index (χ3n) is 2.11. The summed E-state index contributed by atoms with van der Waals surface area (Å²) in [6, 6.07) is 0. The Morgan fingerprint density at radius 2 is 2.00 bits per heavy atom. The summed E-state index contributed by atoms with van der Waals surface area (Å²) in [4.78, 5) is 21.4. The summed E-state index contributed by atoms with van der Waals surface area (Å²) < 4.78 is 0. The van der Waals surface area contributed by atoms with Gasteiger partial charge in [0.2, 0.25) is 0 Å². The molecular weight excluding hydrogens is 180 g/mol. The van der Waals surface area contributed by atoms with Crippen molar-refractivity contribution in [3.63, 3.8) is 0 Å². The SMILES string of the molecule is O=C1CC(O)(C(=O)O)CC(O)[C@@H]1O. The molecule has 1 rings (SSSR count). The van der Waals surface area contributed by atoms with Crippen molar-refractivity contribution >= 4 is 11.8 Å². The molecule has 4 N–H and O–H groups in total. The first kappa shape index (κ1) is 10.1. The van der Waals surface area contributed by atoms with Crippen molar-refractivity contribution in [1.82, 2.24) is 0 Å². The van der Waals surface area contributed by atoms with Crippen LogP contribution in [0, 0.1) is 0 Å². The van der Waals surface area contributed by atoms with Gasteiger partial charge < -0.3 is 20.4 Å². The monoisotopic (exact) mass is 190 g/mol. The second-order valence-corrected chi connectivity index (χ2v) is 3.20. The topological polar surface area (TPSA) is 115 Å². The Balaban J connectivity index is 2.85. The Morgan fingerprint density at radius 1 is 1.46 bits per heavy atom. The molecule has 1 saturated carbocycles. The van der Waals surface area contributed by atoms with E-state index in [4.69, 9.17) is 15.3 Å². The highest BCUT2D eigenvalue weighted by Crippen LogP contribution is 2.26. The van der Waals surface area contributed by atoms with Gasteiger partial charge in [0.15, 0.2) is 11.4 Å². The summed E-state index contributed by atoms with van der Waals surface area (Å²) >= 11 is 0. The van der Waals surface area contributed by atoms with Crippen molar-refractivity contribution in [1.29, 1.82) is 0 Å². The maximum Gasteiger partial charge on any atom is 0.336 e. The van der Waals surface area contributed by atoms with E-state index in [-0.39, 0.29) is 0 Å². The molecular formula is C7H10O6. The molecule has 0 amide bonds. The van der Waals surface area contributed by atoms with Gasteiger partial charge in [0, 0.05) is 12.8 Å². The number of hydrogen-bond donors (Lipinski definition) is 4. The average molecular weight is 190 g/mol. The summed E-state index contributed by atoms with van der Waals surface area (Å²) in [5.74, 6) is -2.42. The summed E-state index contributed by atoms with van der Waals surface area (Å²) in [6.07, 6.45) is -4.29. The van der Waals surface area contributed by atoms with Gasteiger partial charge in [-0.15, -0.1) is 0 Å². The van der Waals surface area contributed by atoms with Crippen LogP contribution in [0.5, 0.6) is 0 Å². The minimum atomic E-state index is -2.24. The fourth-order valence-electron chi connectivity index (χ4n) is 1.30. The van der Waals surface area contributed by atoms with Gasteiger partial charge in [-0.3, -0.25) is 4.79 Å². The van der Waals surface area contributed by atoms with E-state index in [1.807, 2.05) is 0 Å². The van der Waals surface area contributed by atoms with Crippen LogP contribution >= 0.6 is 0 Å². The van der Waals surface area contributed by atoms with Crippen LogP contribution in [-0.2, 0) is 9.59 Å². The Morgan fingerprint density at radius 3 is 2.38 bits per heavy atom. The molecule has 6 heteroatoms. The summed E-state index contributed by atoms with van der Waals surface area (Å²) in [6.45, 7) is 0. The lowest BCUT2D eigenvalue weighted by Crippen LogP contribution is -2.54. The van der Waals surface area contributed by atoms with Crippen molar-refractivity contribution in [2.45, 2.75) is 30.7 Å². The van der Waals surface area contributed by atoms with Crippen molar-refractivity contribution in [2.24, 2.45) is 0 Å². The van der Waals surface area contributed by atoms with Crippen LogP contribution in [0.4, 0.5) is 0 Å². The lowest BCUT2D eigenvalue weighted by atomic mass is 9.81. The smallest absolute Gasteiger partial charge is 0.336 e. The highest BCUT2D eigenvalue weighted by atomic mass is 16.4. The van der Waals surface area contributed by atoms with E-state index < -0.39 is 42.4 Å². The molecule has 2 unspecified atom stereocenters. The molecule has 74 valence electrons. The molecule has 1 aliphatic carbocycles. The largest absolute Gasteiger partial charge is 0.479 e. The Kier molecular flexibility index (Phi) is 2.38. The lowest BCUT2D eigenvalue weighted by molar-refractivity contribution is -0.176. The molecule has 0 saturated heterocycles. The van der Waals surface area contributed by atoms with Crippen LogP contribution < -0.4 is 0 Å². The van der Waals surface area contributed by atoms with Gasteiger partial charge in [-0.25, -0.2) is 4.79 Å². The summed E-state index contributed by atoms with van der Waals surface area (Å²) in [5, 5.41) is 35.8. The number of Topliss-reactive ketones (excluding diaryl/α,β-unsaturated/α-hetero) is 1. The molecule has 6 nitrogen and oxygen atoms in total. The van der Waals surface area contributed by atoms with Crippen LogP contribution in [0.3, 0.4) is 0 Å². The Bertz CT molecular complexity index is 249. The second-order valence-electron chi connectivity index (χ2n) is 3.20. The molecule has 0 radical (unpaired) electrons. The van der Waals surface area contributed by atoms with Crippen molar-refractivity contribution in [3.05, 3.63) is 0 Å². The molecule has 0 heterocycles. The number of carboxylic acids is 1. The third kappa shape index (κ3) is 1.69. The van der Waals surface area contributed by atoms with Gasteiger partial charge in [0.25, 0.3) is 0 Å². The molecule has 0 aliphatic heterocycles. The second kappa shape index (κ2) is 3.06. The van der Waals surface area contributed by atoms with E-state index in [0.717, 1.165) is 0 Å². The molecule has 0 bridgehead atoms. The van der Waals surface area contributed by atoms with Gasteiger partial charge in [-0.1, -0.05) is 0 Å². The highest BCUT2D eigenvalue weighted by Gasteiger charge is 2.48. The van der Waals surface area contributed by atoms with Gasteiger partial charge in [-0.05, 0) is 0 Å². The zero-order chi connectivity index (χ0) is 10.2. The number of carboxylic acid groups (broad SMARTS) is 1. The van der Waals surface area contributed by atoms with Gasteiger partial charge in [0.05, 0.1) is 6.10 Å². The molecule has 0 aromatic rings. The molecule has 1 fully saturated rings. The maximum absolute atomic E-state index is 10.9. The first-order chi connectivity index (χ1) is 5.87. The minimum absolute atomic E-state index is 0.532. The first-order valence-electron chi connectivity index (χ1n) is 3.71. The lowest BCUT2D eigenvalue weighted by Gasteiger charge is -2.32. The first-order valence-corrected chi connectivity index (χ1v) is 3.71.